The van der Waals surface area contributed by atoms with Crippen molar-refractivity contribution in [3.05, 3.63) is 59.4 Å². The Bertz CT molecular complexity index is 595. The van der Waals surface area contributed by atoms with Crippen LogP contribution in [0.2, 0.25) is 0 Å². The van der Waals surface area contributed by atoms with Gasteiger partial charge in [0.05, 0.1) is 19.1 Å². The first-order valence-electron chi connectivity index (χ1n) is 6.35. The van der Waals surface area contributed by atoms with Crippen molar-refractivity contribution >= 4 is 0 Å². The molecule has 1 aliphatic heterocycles. The van der Waals surface area contributed by atoms with Gasteiger partial charge < -0.3 is 9.47 Å². The van der Waals surface area contributed by atoms with Crippen molar-refractivity contribution in [1.29, 1.82) is 0 Å². The molecule has 19 heavy (non-hydrogen) atoms. The molecule has 3 rings (SSSR count). The number of rotatable bonds is 3. The van der Waals surface area contributed by atoms with Crippen molar-refractivity contribution in [2.24, 2.45) is 0 Å². The first-order chi connectivity index (χ1) is 9.24. The number of hydrogen-bond acceptors (Lipinski definition) is 2. The SMILES string of the molecule is Cc1ccc(F)c(OCC2COc3ccccc32)c1. The lowest BCUT2D eigenvalue weighted by molar-refractivity contribution is 0.241. The van der Waals surface area contributed by atoms with Gasteiger partial charge in [0.25, 0.3) is 0 Å². The molecule has 0 N–H and O–H groups in total. The highest BCUT2D eigenvalue weighted by Gasteiger charge is 2.24. The molecule has 0 fully saturated rings. The van der Waals surface area contributed by atoms with E-state index in [2.05, 4.69) is 0 Å². The van der Waals surface area contributed by atoms with Crippen LogP contribution in [0.5, 0.6) is 11.5 Å². The fourth-order valence-electron chi connectivity index (χ4n) is 2.28. The van der Waals surface area contributed by atoms with E-state index in [0.717, 1.165) is 16.9 Å². The van der Waals surface area contributed by atoms with Gasteiger partial charge in [-0.15, -0.1) is 0 Å². The summed E-state index contributed by atoms with van der Waals surface area (Å²) in [6.45, 7) is 2.93. The number of halogens is 1. The van der Waals surface area contributed by atoms with Gasteiger partial charge in [-0.05, 0) is 30.7 Å². The van der Waals surface area contributed by atoms with E-state index in [1.807, 2.05) is 31.2 Å². The molecule has 2 aromatic rings. The monoisotopic (exact) mass is 258 g/mol. The van der Waals surface area contributed by atoms with Gasteiger partial charge in [0.15, 0.2) is 11.6 Å². The Kier molecular flexibility index (Phi) is 3.11. The van der Waals surface area contributed by atoms with Crippen LogP contribution < -0.4 is 9.47 Å². The van der Waals surface area contributed by atoms with E-state index in [1.54, 1.807) is 12.1 Å². The maximum absolute atomic E-state index is 13.6. The summed E-state index contributed by atoms with van der Waals surface area (Å²) in [5.74, 6) is 1.05. The largest absolute Gasteiger partial charge is 0.493 e. The quantitative estimate of drug-likeness (QED) is 0.836. The molecule has 0 amide bonds. The lowest BCUT2D eigenvalue weighted by Gasteiger charge is -2.12. The molecule has 3 heteroatoms. The second kappa shape index (κ2) is 4.92. The zero-order valence-corrected chi connectivity index (χ0v) is 10.7. The van der Waals surface area contributed by atoms with E-state index in [1.165, 1.54) is 6.07 Å². The third kappa shape index (κ3) is 2.41. The minimum atomic E-state index is -0.321. The van der Waals surface area contributed by atoms with E-state index in [4.69, 9.17) is 9.47 Å². The molecule has 0 spiro atoms. The van der Waals surface area contributed by atoms with E-state index in [0.29, 0.717) is 19.0 Å². The first-order valence-corrected chi connectivity index (χ1v) is 6.35. The summed E-state index contributed by atoms with van der Waals surface area (Å²) >= 11 is 0. The topological polar surface area (TPSA) is 18.5 Å². The average molecular weight is 258 g/mol. The van der Waals surface area contributed by atoms with Crippen molar-refractivity contribution in [2.45, 2.75) is 12.8 Å². The number of aryl methyl sites for hydroxylation is 1. The van der Waals surface area contributed by atoms with Gasteiger partial charge in [0.2, 0.25) is 0 Å². The van der Waals surface area contributed by atoms with Crippen molar-refractivity contribution in [1.82, 2.24) is 0 Å². The van der Waals surface area contributed by atoms with Crippen LogP contribution in [0.25, 0.3) is 0 Å². The lowest BCUT2D eigenvalue weighted by atomic mass is 10.0. The highest BCUT2D eigenvalue weighted by molar-refractivity contribution is 5.40. The molecule has 0 saturated heterocycles. The fourth-order valence-corrected chi connectivity index (χ4v) is 2.28. The molecule has 1 atom stereocenters. The van der Waals surface area contributed by atoms with Gasteiger partial charge in [-0.3, -0.25) is 0 Å². The van der Waals surface area contributed by atoms with E-state index < -0.39 is 0 Å². The summed E-state index contributed by atoms with van der Waals surface area (Å²) in [6, 6.07) is 12.8. The predicted octanol–water partition coefficient (Wildman–Crippen LogP) is 3.69. The number of para-hydroxylation sites is 1. The molecule has 0 saturated carbocycles. The summed E-state index contributed by atoms with van der Waals surface area (Å²) < 4.78 is 24.8. The van der Waals surface area contributed by atoms with E-state index in [-0.39, 0.29) is 11.7 Å². The lowest BCUT2D eigenvalue weighted by Crippen LogP contribution is -2.12. The summed E-state index contributed by atoms with van der Waals surface area (Å²) in [5.41, 5.74) is 2.12. The molecule has 0 aromatic heterocycles. The van der Waals surface area contributed by atoms with E-state index in [9.17, 15) is 4.39 Å². The maximum atomic E-state index is 13.6. The highest BCUT2D eigenvalue weighted by atomic mass is 19.1. The zero-order chi connectivity index (χ0) is 13.2. The average Bonchev–Trinajstić information content (AvgIpc) is 2.83. The van der Waals surface area contributed by atoms with Gasteiger partial charge in [-0.2, -0.15) is 0 Å². The number of benzene rings is 2. The van der Waals surface area contributed by atoms with Gasteiger partial charge in [0.1, 0.15) is 5.75 Å². The molecular formula is C16H15FO2. The Morgan fingerprint density at radius 1 is 1.26 bits per heavy atom. The minimum Gasteiger partial charge on any atom is -0.493 e. The predicted molar refractivity (Wildman–Crippen MR) is 71.3 cm³/mol. The van der Waals surface area contributed by atoms with Crippen LogP contribution in [-0.2, 0) is 0 Å². The number of ether oxygens (including phenoxy) is 2. The second-order valence-corrected chi connectivity index (χ2v) is 4.79. The summed E-state index contributed by atoms with van der Waals surface area (Å²) in [6.07, 6.45) is 0. The van der Waals surface area contributed by atoms with Crippen molar-refractivity contribution in [3.8, 4) is 11.5 Å². The molecule has 0 radical (unpaired) electrons. The van der Waals surface area contributed by atoms with Gasteiger partial charge in [0, 0.05) is 5.56 Å². The van der Waals surface area contributed by atoms with Crippen LogP contribution in [0.4, 0.5) is 4.39 Å². The van der Waals surface area contributed by atoms with Crippen molar-refractivity contribution in [3.63, 3.8) is 0 Å². The second-order valence-electron chi connectivity index (χ2n) is 4.79. The normalized spacial score (nSPS) is 16.8. The smallest absolute Gasteiger partial charge is 0.165 e. The van der Waals surface area contributed by atoms with Crippen LogP contribution in [-0.4, -0.2) is 13.2 Å². The molecule has 0 aliphatic carbocycles. The number of hydrogen-bond donors (Lipinski definition) is 0. The first kappa shape index (κ1) is 12.0. The molecule has 1 heterocycles. The Balaban J connectivity index is 1.72. The Hall–Kier alpha value is -2.03. The molecule has 2 aromatic carbocycles. The van der Waals surface area contributed by atoms with Gasteiger partial charge in [-0.1, -0.05) is 24.3 Å². The maximum Gasteiger partial charge on any atom is 0.165 e. The summed E-state index contributed by atoms with van der Waals surface area (Å²) in [7, 11) is 0. The van der Waals surface area contributed by atoms with Crippen molar-refractivity contribution in [2.75, 3.05) is 13.2 Å². The third-order valence-corrected chi connectivity index (χ3v) is 3.33. The highest BCUT2D eigenvalue weighted by Crippen LogP contribution is 2.34. The summed E-state index contributed by atoms with van der Waals surface area (Å²) in [4.78, 5) is 0. The molecule has 2 nitrogen and oxygen atoms in total. The van der Waals surface area contributed by atoms with Crippen molar-refractivity contribution < 1.29 is 13.9 Å². The Morgan fingerprint density at radius 3 is 3.00 bits per heavy atom. The van der Waals surface area contributed by atoms with Crippen LogP contribution >= 0.6 is 0 Å². The van der Waals surface area contributed by atoms with Crippen LogP contribution in [0, 0.1) is 12.7 Å². The fraction of sp³-hybridized carbons (Fsp3) is 0.250. The number of fused-ring (bicyclic) bond motifs is 1. The molecular weight excluding hydrogens is 243 g/mol. The molecule has 1 unspecified atom stereocenters. The molecule has 98 valence electrons. The standard InChI is InChI=1S/C16H15FO2/c1-11-6-7-14(17)16(8-11)19-10-12-9-18-15-5-3-2-4-13(12)15/h2-8,12H,9-10H2,1H3. The third-order valence-electron chi connectivity index (χ3n) is 3.33. The van der Waals surface area contributed by atoms with Crippen LogP contribution in [0.1, 0.15) is 17.0 Å². The summed E-state index contributed by atoms with van der Waals surface area (Å²) in [5, 5.41) is 0. The van der Waals surface area contributed by atoms with Crippen LogP contribution in [0.3, 0.4) is 0 Å². The van der Waals surface area contributed by atoms with Crippen LogP contribution in [0.15, 0.2) is 42.5 Å². The minimum absolute atomic E-state index is 0.163. The zero-order valence-electron chi connectivity index (χ0n) is 10.7. The molecule has 0 bridgehead atoms. The van der Waals surface area contributed by atoms with Gasteiger partial charge in [-0.25, -0.2) is 4.39 Å². The molecule has 1 aliphatic rings. The van der Waals surface area contributed by atoms with Gasteiger partial charge >= 0.3 is 0 Å². The Morgan fingerprint density at radius 2 is 2.11 bits per heavy atom. The van der Waals surface area contributed by atoms with E-state index >= 15 is 0 Å². The Labute approximate surface area is 111 Å².